The molecule has 5 heteroatoms. The van der Waals surface area contributed by atoms with E-state index in [4.69, 9.17) is 15.0 Å². The van der Waals surface area contributed by atoms with E-state index in [0.717, 1.165) is 72.4 Å². The second kappa shape index (κ2) is 15.2. The molecule has 0 aliphatic carbocycles. The lowest BCUT2D eigenvalue weighted by atomic mass is 9.98. The Bertz CT molecular complexity index is 3510. The Hall–Kier alpha value is -8.41. The Morgan fingerprint density at radius 2 is 0.625 bits per heavy atom. The van der Waals surface area contributed by atoms with E-state index in [1.165, 1.54) is 32.7 Å². The molecule has 0 bridgehead atoms. The molecule has 0 N–H and O–H groups in total. The highest BCUT2D eigenvalue weighted by Gasteiger charge is 2.26. The quantitative estimate of drug-likeness (QED) is 0.161. The first kappa shape index (κ1) is 37.4. The van der Waals surface area contributed by atoms with Crippen LogP contribution in [0.1, 0.15) is 11.1 Å². The minimum absolute atomic E-state index is 0.589. The zero-order valence-corrected chi connectivity index (χ0v) is 35.4. The molecule has 9 aromatic carbocycles. The van der Waals surface area contributed by atoms with Crippen LogP contribution in [0.25, 0.3) is 111 Å². The molecule has 12 aromatic rings. The molecule has 0 unspecified atom stereocenters. The van der Waals surface area contributed by atoms with Crippen LogP contribution in [0.2, 0.25) is 0 Å². The molecule has 0 amide bonds. The van der Waals surface area contributed by atoms with E-state index in [1.54, 1.807) is 0 Å². The van der Waals surface area contributed by atoms with Crippen LogP contribution < -0.4 is 0 Å². The molecule has 64 heavy (non-hydrogen) atoms. The zero-order chi connectivity index (χ0) is 42.7. The van der Waals surface area contributed by atoms with Crippen LogP contribution in [-0.2, 0) is 0 Å². The highest BCUT2D eigenvalue weighted by Crippen LogP contribution is 2.44. The number of fused-ring (bicyclic) bond motifs is 6. The Morgan fingerprint density at radius 1 is 0.281 bits per heavy atom. The maximum absolute atomic E-state index is 5.63. The fourth-order valence-electron chi connectivity index (χ4n) is 9.81. The molecule has 0 atom stereocenters. The van der Waals surface area contributed by atoms with E-state index in [-0.39, 0.29) is 0 Å². The van der Waals surface area contributed by atoms with E-state index in [1.807, 2.05) is 18.2 Å². The van der Waals surface area contributed by atoms with Crippen LogP contribution in [0, 0.1) is 13.8 Å². The predicted molar refractivity (Wildman–Crippen MR) is 265 cm³/mol. The molecular formula is C59H41N5. The summed E-state index contributed by atoms with van der Waals surface area (Å²) in [4.78, 5) is 16.5. The lowest BCUT2D eigenvalue weighted by Gasteiger charge is -2.21. The van der Waals surface area contributed by atoms with Crippen molar-refractivity contribution >= 4 is 43.6 Å². The van der Waals surface area contributed by atoms with Gasteiger partial charge in [0.05, 0.1) is 33.4 Å². The summed E-state index contributed by atoms with van der Waals surface area (Å²) >= 11 is 0. The van der Waals surface area contributed by atoms with Crippen molar-refractivity contribution in [2.24, 2.45) is 0 Å². The van der Waals surface area contributed by atoms with Gasteiger partial charge in [0.1, 0.15) is 0 Å². The first-order valence-electron chi connectivity index (χ1n) is 21.8. The van der Waals surface area contributed by atoms with E-state index in [9.17, 15) is 0 Å². The number of hydrogen-bond donors (Lipinski definition) is 0. The Balaban J connectivity index is 1.22. The van der Waals surface area contributed by atoms with Gasteiger partial charge in [0, 0.05) is 49.4 Å². The van der Waals surface area contributed by atoms with Crippen LogP contribution in [0.3, 0.4) is 0 Å². The van der Waals surface area contributed by atoms with Gasteiger partial charge in [-0.25, -0.2) is 15.0 Å². The standard InChI is InChI=1S/C59H41N5/c1-38-20-16-32-47-45-28-12-14-36-51(45)63(53(38)47)55-43(40-22-6-3-7-23-40)30-18-34-49(55)58-60-57(42-26-10-5-11-27-42)61-59(62-58)50-35-19-31-44(41-24-8-4-9-25-41)56(50)64-52-37-15-13-29-46(52)48-33-17-21-39(2)54(48)64/h3-37H,1-2H3. The molecule has 12 rings (SSSR count). The zero-order valence-electron chi connectivity index (χ0n) is 35.4. The monoisotopic (exact) mass is 819 g/mol. The molecule has 0 fully saturated rings. The van der Waals surface area contributed by atoms with Gasteiger partial charge in [-0.3, -0.25) is 0 Å². The van der Waals surface area contributed by atoms with Crippen LogP contribution >= 0.6 is 0 Å². The summed E-state index contributed by atoms with van der Waals surface area (Å²) < 4.78 is 4.87. The van der Waals surface area contributed by atoms with E-state index >= 15 is 0 Å². The summed E-state index contributed by atoms with van der Waals surface area (Å²) in [7, 11) is 0. The fraction of sp³-hybridized carbons (Fsp3) is 0.0339. The molecule has 5 nitrogen and oxygen atoms in total. The van der Waals surface area contributed by atoms with Crippen molar-refractivity contribution in [3.8, 4) is 67.8 Å². The lowest BCUT2D eigenvalue weighted by molar-refractivity contribution is 1.06. The van der Waals surface area contributed by atoms with Crippen molar-refractivity contribution < 1.29 is 0 Å². The van der Waals surface area contributed by atoms with Crippen molar-refractivity contribution in [2.75, 3.05) is 0 Å². The third kappa shape index (κ3) is 5.97. The number of aryl methyl sites for hydroxylation is 2. The van der Waals surface area contributed by atoms with Gasteiger partial charge in [-0.15, -0.1) is 0 Å². The largest absolute Gasteiger partial charge is 0.308 e. The number of benzene rings is 9. The summed E-state index contributed by atoms with van der Waals surface area (Å²) in [5.74, 6) is 1.78. The van der Waals surface area contributed by atoms with Crippen LogP contribution in [0.4, 0.5) is 0 Å². The van der Waals surface area contributed by atoms with Crippen molar-refractivity contribution in [1.82, 2.24) is 24.1 Å². The van der Waals surface area contributed by atoms with Gasteiger partial charge < -0.3 is 9.13 Å². The molecule has 3 aromatic heterocycles. The van der Waals surface area contributed by atoms with Gasteiger partial charge >= 0.3 is 0 Å². The average molecular weight is 820 g/mol. The minimum Gasteiger partial charge on any atom is -0.308 e. The molecule has 0 saturated carbocycles. The number of nitrogens with zero attached hydrogens (tertiary/aromatic N) is 5. The second-order valence-electron chi connectivity index (χ2n) is 16.5. The normalized spacial score (nSPS) is 11.6. The summed E-state index contributed by atoms with van der Waals surface area (Å²) in [5, 5.41) is 4.80. The molecule has 302 valence electrons. The molecular weight excluding hydrogens is 779 g/mol. The fourth-order valence-corrected chi connectivity index (χ4v) is 9.81. The van der Waals surface area contributed by atoms with Gasteiger partial charge in [-0.2, -0.15) is 0 Å². The highest BCUT2D eigenvalue weighted by molar-refractivity contribution is 6.13. The summed E-state index contributed by atoms with van der Waals surface area (Å²) in [5.41, 5.74) is 16.1. The number of aromatic nitrogens is 5. The molecule has 0 radical (unpaired) electrons. The van der Waals surface area contributed by atoms with Crippen LogP contribution in [-0.4, -0.2) is 24.1 Å². The third-order valence-corrected chi connectivity index (χ3v) is 12.6. The summed E-state index contributed by atoms with van der Waals surface area (Å²) in [6, 6.07) is 75.3. The number of hydrogen-bond acceptors (Lipinski definition) is 3. The summed E-state index contributed by atoms with van der Waals surface area (Å²) in [6.07, 6.45) is 0. The highest BCUT2D eigenvalue weighted by atomic mass is 15.1. The molecule has 0 saturated heterocycles. The van der Waals surface area contributed by atoms with Gasteiger partial charge in [0.15, 0.2) is 17.5 Å². The average Bonchev–Trinajstić information content (AvgIpc) is 3.88. The Kier molecular flexibility index (Phi) is 8.87. The predicted octanol–water partition coefficient (Wildman–Crippen LogP) is 15.0. The third-order valence-electron chi connectivity index (χ3n) is 12.6. The Morgan fingerprint density at radius 3 is 1.08 bits per heavy atom. The second-order valence-corrected chi connectivity index (χ2v) is 16.5. The van der Waals surface area contributed by atoms with Gasteiger partial charge in [-0.05, 0) is 60.4 Å². The smallest absolute Gasteiger partial charge is 0.166 e. The van der Waals surface area contributed by atoms with Crippen molar-refractivity contribution in [2.45, 2.75) is 13.8 Å². The van der Waals surface area contributed by atoms with E-state index in [2.05, 4.69) is 217 Å². The molecule has 3 heterocycles. The van der Waals surface area contributed by atoms with Crippen molar-refractivity contribution in [3.05, 3.63) is 223 Å². The molecule has 0 spiro atoms. The Labute approximate surface area is 371 Å². The van der Waals surface area contributed by atoms with E-state index < -0.39 is 0 Å². The topological polar surface area (TPSA) is 48.5 Å². The number of rotatable bonds is 7. The van der Waals surface area contributed by atoms with Gasteiger partial charge in [0.2, 0.25) is 0 Å². The minimum atomic E-state index is 0.589. The first-order valence-corrected chi connectivity index (χ1v) is 21.8. The van der Waals surface area contributed by atoms with Gasteiger partial charge in [-0.1, -0.05) is 188 Å². The van der Waals surface area contributed by atoms with Gasteiger partial charge in [0.25, 0.3) is 0 Å². The SMILES string of the molecule is Cc1cccc2c3ccccc3n(-c3c(-c4ccccc4)cccc3-c3nc(-c4ccccc4)nc(-c4cccc(-c5ccccc5)c4-n4c5ccccc5c5cccc(C)c54)n3)c12. The van der Waals surface area contributed by atoms with Crippen LogP contribution in [0.5, 0.6) is 0 Å². The van der Waals surface area contributed by atoms with Crippen LogP contribution in [0.15, 0.2) is 212 Å². The van der Waals surface area contributed by atoms with E-state index in [0.29, 0.717) is 17.5 Å². The van der Waals surface area contributed by atoms with Crippen molar-refractivity contribution in [1.29, 1.82) is 0 Å². The molecule has 0 aliphatic heterocycles. The lowest BCUT2D eigenvalue weighted by Crippen LogP contribution is -2.07. The molecule has 0 aliphatic rings. The first-order chi connectivity index (χ1) is 31.6. The number of para-hydroxylation sites is 6. The summed E-state index contributed by atoms with van der Waals surface area (Å²) in [6.45, 7) is 4.41. The maximum atomic E-state index is 5.63. The van der Waals surface area contributed by atoms with Crippen molar-refractivity contribution in [3.63, 3.8) is 0 Å². The maximum Gasteiger partial charge on any atom is 0.166 e.